The molecule has 0 aromatic heterocycles. The molecule has 0 bridgehead atoms. The molecule has 0 saturated carbocycles. The van der Waals surface area contributed by atoms with Crippen LogP contribution in [0.4, 0.5) is 0 Å². The van der Waals surface area contributed by atoms with Crippen molar-refractivity contribution in [3.8, 4) is 6.07 Å². The van der Waals surface area contributed by atoms with Gasteiger partial charge in [0.05, 0.1) is 6.07 Å². The molecule has 2 rings (SSSR count). The van der Waals surface area contributed by atoms with Crippen LogP contribution in [0.25, 0.3) is 0 Å². The highest BCUT2D eigenvalue weighted by molar-refractivity contribution is 5.06. The molecular weight excluding hydrogens is 224 g/mol. The first kappa shape index (κ1) is 13.8. The number of nitrogens with zero attached hydrogens (tertiary/aromatic N) is 3. The summed E-state index contributed by atoms with van der Waals surface area (Å²) in [6.45, 7) is 10.5. The van der Waals surface area contributed by atoms with Crippen molar-refractivity contribution in [3.05, 3.63) is 0 Å². The molecule has 0 aromatic rings. The number of piperazine rings is 1. The Morgan fingerprint density at radius 1 is 1.33 bits per heavy atom. The fourth-order valence-electron chi connectivity index (χ4n) is 3.33. The van der Waals surface area contributed by atoms with Crippen molar-refractivity contribution >= 4 is 0 Å². The Morgan fingerprint density at radius 2 is 2.17 bits per heavy atom. The molecule has 2 aliphatic rings. The third-order valence-electron chi connectivity index (χ3n) is 4.28. The molecule has 0 radical (unpaired) electrons. The number of hydrogen-bond acceptors (Lipinski definition) is 4. The average molecular weight is 250 g/mol. The van der Waals surface area contributed by atoms with Gasteiger partial charge in [0.15, 0.2) is 0 Å². The van der Waals surface area contributed by atoms with Crippen LogP contribution in [0.3, 0.4) is 0 Å². The molecule has 2 atom stereocenters. The predicted molar refractivity (Wildman–Crippen MR) is 73.3 cm³/mol. The van der Waals surface area contributed by atoms with E-state index < -0.39 is 5.54 Å². The van der Waals surface area contributed by atoms with Gasteiger partial charge in [0.1, 0.15) is 5.54 Å². The number of rotatable bonds is 4. The Balaban J connectivity index is 1.89. The zero-order valence-corrected chi connectivity index (χ0v) is 11.8. The average Bonchev–Trinajstić information content (AvgIpc) is 2.39. The van der Waals surface area contributed by atoms with Gasteiger partial charge in [0.2, 0.25) is 0 Å². The fraction of sp³-hybridized carbons (Fsp3) is 0.929. The molecule has 4 nitrogen and oxygen atoms in total. The van der Waals surface area contributed by atoms with Gasteiger partial charge in [0, 0.05) is 32.2 Å². The van der Waals surface area contributed by atoms with Crippen molar-refractivity contribution < 1.29 is 0 Å². The van der Waals surface area contributed by atoms with Gasteiger partial charge in [-0.1, -0.05) is 13.3 Å². The lowest BCUT2D eigenvalue weighted by atomic mass is 9.97. The van der Waals surface area contributed by atoms with Crippen LogP contribution in [0.2, 0.25) is 0 Å². The lowest BCUT2D eigenvalue weighted by Gasteiger charge is -2.45. The molecule has 0 amide bonds. The van der Waals surface area contributed by atoms with E-state index in [-0.39, 0.29) is 0 Å². The molecule has 2 unspecified atom stereocenters. The minimum atomic E-state index is -0.397. The van der Waals surface area contributed by atoms with E-state index in [4.69, 9.17) is 0 Å². The van der Waals surface area contributed by atoms with Crippen molar-refractivity contribution in [1.82, 2.24) is 15.1 Å². The fourth-order valence-corrected chi connectivity index (χ4v) is 3.33. The second-order valence-electron chi connectivity index (χ2n) is 5.89. The number of likely N-dealkylation sites (N-methyl/N-ethyl adjacent to an activating group) is 1. The highest BCUT2D eigenvalue weighted by Crippen LogP contribution is 2.22. The van der Waals surface area contributed by atoms with Crippen molar-refractivity contribution in [2.45, 2.75) is 44.7 Å². The van der Waals surface area contributed by atoms with Crippen LogP contribution in [0.5, 0.6) is 0 Å². The molecule has 2 saturated heterocycles. The standard InChI is InChI=1S/C14H26N4/c1-3-16-14(2,11-15)12-17-8-9-18-7-5-4-6-13(18)10-17/h13,16H,3-10,12H2,1-2H3. The zero-order valence-electron chi connectivity index (χ0n) is 11.8. The quantitative estimate of drug-likeness (QED) is 0.810. The van der Waals surface area contributed by atoms with Crippen molar-refractivity contribution in [3.63, 3.8) is 0 Å². The van der Waals surface area contributed by atoms with Crippen LogP contribution in [0.1, 0.15) is 33.1 Å². The number of nitriles is 1. The van der Waals surface area contributed by atoms with Gasteiger partial charge >= 0.3 is 0 Å². The largest absolute Gasteiger partial charge is 0.299 e. The van der Waals surface area contributed by atoms with E-state index in [0.717, 1.165) is 32.2 Å². The van der Waals surface area contributed by atoms with E-state index in [0.29, 0.717) is 0 Å². The topological polar surface area (TPSA) is 42.3 Å². The maximum atomic E-state index is 9.33. The van der Waals surface area contributed by atoms with Gasteiger partial charge in [-0.2, -0.15) is 5.26 Å². The summed E-state index contributed by atoms with van der Waals surface area (Å²) in [5.41, 5.74) is -0.397. The summed E-state index contributed by atoms with van der Waals surface area (Å²) in [6.07, 6.45) is 4.07. The number of nitrogens with one attached hydrogen (secondary N) is 1. The maximum absolute atomic E-state index is 9.33. The van der Waals surface area contributed by atoms with E-state index in [1.54, 1.807) is 0 Å². The maximum Gasteiger partial charge on any atom is 0.116 e. The number of piperidine rings is 1. The monoisotopic (exact) mass is 250 g/mol. The summed E-state index contributed by atoms with van der Waals surface area (Å²) in [7, 11) is 0. The van der Waals surface area contributed by atoms with Crippen LogP contribution in [0, 0.1) is 11.3 Å². The molecule has 0 aliphatic carbocycles. The summed E-state index contributed by atoms with van der Waals surface area (Å²) < 4.78 is 0. The van der Waals surface area contributed by atoms with E-state index >= 15 is 0 Å². The SMILES string of the molecule is CCNC(C)(C#N)CN1CCN2CCCCC2C1. The Labute approximate surface area is 111 Å². The highest BCUT2D eigenvalue weighted by atomic mass is 15.3. The third kappa shape index (κ3) is 3.23. The Bertz CT molecular complexity index is 311. The minimum Gasteiger partial charge on any atom is -0.299 e. The molecule has 0 spiro atoms. The molecule has 4 heteroatoms. The van der Waals surface area contributed by atoms with Crippen LogP contribution in [-0.2, 0) is 0 Å². The second-order valence-corrected chi connectivity index (χ2v) is 5.89. The zero-order chi connectivity index (χ0) is 13.0. The third-order valence-corrected chi connectivity index (χ3v) is 4.28. The number of fused-ring (bicyclic) bond motifs is 1. The smallest absolute Gasteiger partial charge is 0.116 e. The van der Waals surface area contributed by atoms with Crippen molar-refractivity contribution in [2.24, 2.45) is 0 Å². The summed E-state index contributed by atoms with van der Waals surface area (Å²) >= 11 is 0. The summed E-state index contributed by atoms with van der Waals surface area (Å²) in [6, 6.07) is 3.17. The second kappa shape index (κ2) is 6.01. The van der Waals surface area contributed by atoms with E-state index in [1.165, 1.54) is 32.4 Å². The predicted octanol–water partition coefficient (Wildman–Crippen LogP) is 1.05. The molecule has 102 valence electrons. The van der Waals surface area contributed by atoms with Crippen LogP contribution in [-0.4, -0.2) is 60.6 Å². The molecular formula is C14H26N4. The van der Waals surface area contributed by atoms with Gasteiger partial charge in [-0.05, 0) is 32.9 Å². The lowest BCUT2D eigenvalue weighted by Crippen LogP contribution is -2.59. The van der Waals surface area contributed by atoms with Gasteiger partial charge in [-0.25, -0.2) is 0 Å². The van der Waals surface area contributed by atoms with E-state index in [1.807, 2.05) is 6.92 Å². The highest BCUT2D eigenvalue weighted by Gasteiger charge is 2.32. The summed E-state index contributed by atoms with van der Waals surface area (Å²) in [5.74, 6) is 0. The van der Waals surface area contributed by atoms with Crippen LogP contribution in [0.15, 0.2) is 0 Å². The van der Waals surface area contributed by atoms with Crippen LogP contribution < -0.4 is 5.32 Å². The van der Waals surface area contributed by atoms with Crippen molar-refractivity contribution in [2.75, 3.05) is 39.3 Å². The lowest BCUT2D eigenvalue weighted by molar-refractivity contribution is 0.0412. The molecule has 1 N–H and O–H groups in total. The van der Waals surface area contributed by atoms with Crippen LogP contribution >= 0.6 is 0 Å². The Kier molecular flexibility index (Phi) is 4.60. The van der Waals surface area contributed by atoms with Gasteiger partial charge in [0.25, 0.3) is 0 Å². The summed E-state index contributed by atoms with van der Waals surface area (Å²) in [5, 5.41) is 12.6. The minimum absolute atomic E-state index is 0.397. The first-order valence-electron chi connectivity index (χ1n) is 7.29. The van der Waals surface area contributed by atoms with E-state index in [2.05, 4.69) is 28.1 Å². The molecule has 2 fully saturated rings. The Morgan fingerprint density at radius 3 is 2.89 bits per heavy atom. The normalized spacial score (nSPS) is 29.3. The summed E-state index contributed by atoms with van der Waals surface area (Å²) in [4.78, 5) is 5.11. The van der Waals surface area contributed by atoms with Gasteiger partial charge in [-0.15, -0.1) is 0 Å². The Hall–Kier alpha value is -0.630. The van der Waals surface area contributed by atoms with E-state index in [9.17, 15) is 5.26 Å². The van der Waals surface area contributed by atoms with Crippen molar-refractivity contribution in [1.29, 1.82) is 5.26 Å². The molecule has 0 aromatic carbocycles. The molecule has 2 heterocycles. The first-order chi connectivity index (χ1) is 8.67. The first-order valence-corrected chi connectivity index (χ1v) is 7.29. The molecule has 2 aliphatic heterocycles. The number of hydrogen-bond donors (Lipinski definition) is 1. The molecule has 18 heavy (non-hydrogen) atoms. The van der Waals surface area contributed by atoms with Gasteiger partial charge in [-0.3, -0.25) is 15.1 Å². The van der Waals surface area contributed by atoms with Gasteiger partial charge < -0.3 is 0 Å².